The number of carbonyl (C=O) groups excluding carboxylic acids is 1. The maximum absolute atomic E-state index is 12.1. The lowest BCUT2D eigenvalue weighted by atomic mass is 10.0. The Balaban J connectivity index is 1.58. The summed E-state index contributed by atoms with van der Waals surface area (Å²) < 4.78 is 21.1. The highest BCUT2D eigenvalue weighted by molar-refractivity contribution is 5.93. The molecule has 0 amide bonds. The molecular weight excluding hydrogens is 396 g/mol. The Bertz CT molecular complexity index is 1270. The van der Waals surface area contributed by atoms with Crippen LogP contribution in [0, 0.1) is 0 Å². The highest BCUT2D eigenvalue weighted by atomic mass is 16.5. The summed E-state index contributed by atoms with van der Waals surface area (Å²) in [7, 11) is 2.95. The van der Waals surface area contributed by atoms with Crippen LogP contribution in [0.5, 0.6) is 11.5 Å². The van der Waals surface area contributed by atoms with E-state index in [1.807, 2.05) is 36.4 Å². The van der Waals surface area contributed by atoms with Crippen LogP contribution in [-0.2, 0) is 11.3 Å². The minimum absolute atomic E-state index is 0.301. The molecule has 0 fully saturated rings. The standard InChI is InChI=1S/C25H20O6/c1-28-19-9-7-17(8-10-19)22-14-24(26)31-23-13-20(11-12-21(22)23)30-15-16-3-5-18(6-4-16)25(27)29-2/h3-14H,15H2,1-2H3. The van der Waals surface area contributed by atoms with Crippen molar-refractivity contribution in [1.29, 1.82) is 0 Å². The van der Waals surface area contributed by atoms with Gasteiger partial charge < -0.3 is 18.6 Å². The molecule has 1 heterocycles. The Kier molecular flexibility index (Phi) is 5.71. The zero-order valence-electron chi connectivity index (χ0n) is 17.1. The van der Waals surface area contributed by atoms with Gasteiger partial charge in [0.15, 0.2) is 0 Å². The Morgan fingerprint density at radius 1 is 0.871 bits per heavy atom. The van der Waals surface area contributed by atoms with Crippen LogP contribution in [0.25, 0.3) is 22.1 Å². The molecule has 0 unspecified atom stereocenters. The predicted octanol–water partition coefficient (Wildman–Crippen LogP) is 4.83. The zero-order valence-corrected chi connectivity index (χ0v) is 17.1. The van der Waals surface area contributed by atoms with Crippen LogP contribution in [-0.4, -0.2) is 20.2 Å². The molecule has 0 spiro atoms. The van der Waals surface area contributed by atoms with E-state index >= 15 is 0 Å². The minimum Gasteiger partial charge on any atom is -0.497 e. The molecule has 0 bridgehead atoms. The van der Waals surface area contributed by atoms with Gasteiger partial charge in [-0.05, 0) is 53.1 Å². The first kappa shape index (κ1) is 20.2. The van der Waals surface area contributed by atoms with Gasteiger partial charge in [-0.25, -0.2) is 9.59 Å². The van der Waals surface area contributed by atoms with Crippen LogP contribution in [0.2, 0.25) is 0 Å². The second-order valence-electron chi connectivity index (χ2n) is 6.84. The van der Waals surface area contributed by atoms with Crippen molar-refractivity contribution in [1.82, 2.24) is 0 Å². The van der Waals surface area contributed by atoms with Gasteiger partial charge in [0.1, 0.15) is 23.7 Å². The van der Waals surface area contributed by atoms with Gasteiger partial charge in [-0.1, -0.05) is 24.3 Å². The molecule has 3 aromatic carbocycles. The van der Waals surface area contributed by atoms with Crippen LogP contribution >= 0.6 is 0 Å². The lowest BCUT2D eigenvalue weighted by Gasteiger charge is -2.10. The van der Waals surface area contributed by atoms with E-state index in [0.717, 1.165) is 27.8 Å². The SMILES string of the molecule is COC(=O)c1ccc(COc2ccc3c(-c4ccc(OC)cc4)cc(=O)oc3c2)cc1. The number of methoxy groups -OCH3 is 2. The Morgan fingerprint density at radius 3 is 2.26 bits per heavy atom. The van der Waals surface area contributed by atoms with Gasteiger partial charge >= 0.3 is 11.6 Å². The molecule has 31 heavy (non-hydrogen) atoms. The van der Waals surface area contributed by atoms with Crippen molar-refractivity contribution in [2.75, 3.05) is 14.2 Å². The van der Waals surface area contributed by atoms with Crippen LogP contribution < -0.4 is 15.1 Å². The van der Waals surface area contributed by atoms with Crippen molar-refractivity contribution >= 4 is 16.9 Å². The number of rotatable bonds is 6. The van der Waals surface area contributed by atoms with Gasteiger partial charge in [0.05, 0.1) is 19.8 Å². The summed E-state index contributed by atoms with van der Waals surface area (Å²) >= 11 is 0. The van der Waals surface area contributed by atoms with Crippen molar-refractivity contribution in [3.05, 3.63) is 94.3 Å². The van der Waals surface area contributed by atoms with Gasteiger partial charge in [0.25, 0.3) is 0 Å². The molecule has 0 N–H and O–H groups in total. The molecule has 0 saturated heterocycles. The fourth-order valence-electron chi connectivity index (χ4n) is 3.26. The molecule has 0 aliphatic heterocycles. The van der Waals surface area contributed by atoms with E-state index in [1.165, 1.54) is 13.2 Å². The van der Waals surface area contributed by atoms with Gasteiger partial charge in [-0.2, -0.15) is 0 Å². The van der Waals surface area contributed by atoms with Gasteiger partial charge in [-0.3, -0.25) is 0 Å². The summed E-state index contributed by atoms with van der Waals surface area (Å²) in [6, 6.07) is 21.3. The van der Waals surface area contributed by atoms with Crippen molar-refractivity contribution in [3.8, 4) is 22.6 Å². The predicted molar refractivity (Wildman–Crippen MR) is 117 cm³/mol. The topological polar surface area (TPSA) is 75.0 Å². The maximum Gasteiger partial charge on any atom is 0.337 e. The van der Waals surface area contributed by atoms with Gasteiger partial charge in [0, 0.05) is 17.5 Å². The number of carbonyl (C=O) groups is 1. The van der Waals surface area contributed by atoms with Crippen LogP contribution in [0.3, 0.4) is 0 Å². The molecule has 4 aromatic rings. The number of benzene rings is 3. The summed E-state index contributed by atoms with van der Waals surface area (Å²) in [4.78, 5) is 23.7. The van der Waals surface area contributed by atoms with Crippen LogP contribution in [0.1, 0.15) is 15.9 Å². The average molecular weight is 416 g/mol. The third-order valence-corrected chi connectivity index (χ3v) is 4.90. The fourth-order valence-corrected chi connectivity index (χ4v) is 3.26. The molecule has 6 heteroatoms. The third-order valence-electron chi connectivity index (χ3n) is 4.90. The van der Waals surface area contributed by atoms with Crippen molar-refractivity contribution in [2.24, 2.45) is 0 Å². The maximum atomic E-state index is 12.1. The van der Waals surface area contributed by atoms with E-state index in [2.05, 4.69) is 0 Å². The summed E-state index contributed by atoms with van der Waals surface area (Å²) in [5.41, 5.74) is 3.04. The summed E-state index contributed by atoms with van der Waals surface area (Å²) in [6.45, 7) is 0.301. The molecule has 0 radical (unpaired) electrons. The first-order chi connectivity index (χ1) is 15.1. The van der Waals surface area contributed by atoms with Crippen molar-refractivity contribution in [2.45, 2.75) is 6.61 Å². The van der Waals surface area contributed by atoms with Crippen LogP contribution in [0.4, 0.5) is 0 Å². The molecular formula is C25H20O6. The molecule has 4 rings (SSSR count). The van der Waals surface area contributed by atoms with Gasteiger partial charge in [-0.15, -0.1) is 0 Å². The van der Waals surface area contributed by atoms with E-state index in [-0.39, 0.29) is 5.97 Å². The first-order valence-corrected chi connectivity index (χ1v) is 9.60. The monoisotopic (exact) mass is 416 g/mol. The number of ether oxygens (including phenoxy) is 3. The number of esters is 1. The van der Waals surface area contributed by atoms with Crippen molar-refractivity contribution in [3.63, 3.8) is 0 Å². The fraction of sp³-hybridized carbons (Fsp3) is 0.120. The van der Waals surface area contributed by atoms with Gasteiger partial charge in [0.2, 0.25) is 0 Å². The van der Waals surface area contributed by atoms with Crippen molar-refractivity contribution < 1.29 is 23.4 Å². The molecule has 1 aromatic heterocycles. The largest absolute Gasteiger partial charge is 0.497 e. The minimum atomic E-state index is -0.436. The molecule has 6 nitrogen and oxygen atoms in total. The molecule has 156 valence electrons. The van der Waals surface area contributed by atoms with E-state index in [1.54, 1.807) is 37.4 Å². The highest BCUT2D eigenvalue weighted by Gasteiger charge is 2.10. The second kappa shape index (κ2) is 8.75. The molecule has 0 saturated carbocycles. The van der Waals surface area contributed by atoms with E-state index in [4.69, 9.17) is 18.6 Å². The Hall–Kier alpha value is -4.06. The normalized spacial score (nSPS) is 10.6. The summed E-state index contributed by atoms with van der Waals surface area (Å²) in [5, 5.41) is 0.805. The third kappa shape index (κ3) is 4.43. The smallest absolute Gasteiger partial charge is 0.337 e. The number of hydrogen-bond donors (Lipinski definition) is 0. The molecule has 0 aliphatic carbocycles. The second-order valence-corrected chi connectivity index (χ2v) is 6.84. The number of fused-ring (bicyclic) bond motifs is 1. The number of hydrogen-bond acceptors (Lipinski definition) is 6. The summed E-state index contributed by atoms with van der Waals surface area (Å²) in [5.74, 6) is 0.926. The molecule has 0 aliphatic rings. The van der Waals surface area contributed by atoms with E-state index in [9.17, 15) is 9.59 Å². The summed E-state index contributed by atoms with van der Waals surface area (Å²) in [6.07, 6.45) is 0. The van der Waals surface area contributed by atoms with Crippen LogP contribution in [0.15, 0.2) is 82.0 Å². The Morgan fingerprint density at radius 2 is 1.58 bits per heavy atom. The molecule has 0 atom stereocenters. The quantitative estimate of drug-likeness (QED) is 0.331. The zero-order chi connectivity index (χ0) is 21.8. The average Bonchev–Trinajstić information content (AvgIpc) is 2.81. The first-order valence-electron chi connectivity index (χ1n) is 9.60. The highest BCUT2D eigenvalue weighted by Crippen LogP contribution is 2.31. The Labute approximate surface area is 178 Å². The van der Waals surface area contributed by atoms with E-state index < -0.39 is 5.63 Å². The van der Waals surface area contributed by atoms with E-state index in [0.29, 0.717) is 23.5 Å². The lowest BCUT2D eigenvalue weighted by Crippen LogP contribution is -2.02. The lowest BCUT2D eigenvalue weighted by molar-refractivity contribution is 0.0600.